The van der Waals surface area contributed by atoms with Crippen LogP contribution >= 0.6 is 0 Å². The van der Waals surface area contributed by atoms with Gasteiger partial charge in [0, 0.05) is 19.3 Å². The maximum atomic E-state index is 12.9. The normalized spacial score (nSPS) is 13.0. The van der Waals surface area contributed by atoms with Crippen LogP contribution in [0, 0.1) is 0 Å². The smallest absolute Gasteiger partial charge is 0.306 e. The van der Waals surface area contributed by atoms with Crippen LogP contribution in [-0.4, -0.2) is 37.2 Å². The Balaban J connectivity index is 4.54. The highest BCUT2D eigenvalue weighted by molar-refractivity contribution is 5.71. The molecule has 0 aromatic carbocycles. The molecule has 0 radical (unpaired) electrons. The largest absolute Gasteiger partial charge is 0.462 e. The minimum atomic E-state index is -0.818. The third kappa shape index (κ3) is 56.6. The van der Waals surface area contributed by atoms with E-state index in [-0.39, 0.29) is 31.1 Å². The van der Waals surface area contributed by atoms with Crippen molar-refractivity contribution >= 4 is 17.9 Å². The molecule has 0 heterocycles. The first-order valence-electron chi connectivity index (χ1n) is 29.0. The summed E-state index contributed by atoms with van der Waals surface area (Å²) in [7, 11) is 0. The first kappa shape index (κ1) is 66.8. The third-order valence-corrected chi connectivity index (χ3v) is 11.9. The lowest BCUT2D eigenvalue weighted by Crippen LogP contribution is -2.30. The minimum Gasteiger partial charge on any atom is -0.462 e. The summed E-state index contributed by atoms with van der Waals surface area (Å²) in [5.41, 5.74) is 0. The van der Waals surface area contributed by atoms with E-state index in [1.54, 1.807) is 0 Å². The molecule has 402 valence electrons. The highest BCUT2D eigenvalue weighted by Gasteiger charge is 2.19. The first-order chi connectivity index (χ1) is 35.0. The molecule has 0 aliphatic heterocycles. The Morgan fingerprint density at radius 1 is 0.282 bits per heavy atom. The summed E-state index contributed by atoms with van der Waals surface area (Å²) in [5.74, 6) is -0.997. The summed E-state index contributed by atoms with van der Waals surface area (Å²) in [5, 5.41) is 0. The Morgan fingerprint density at radius 3 is 0.831 bits per heavy atom. The van der Waals surface area contributed by atoms with E-state index < -0.39 is 6.10 Å². The molecule has 0 aromatic heterocycles. The molecule has 0 unspecified atom stereocenters. The van der Waals surface area contributed by atoms with Gasteiger partial charge >= 0.3 is 17.9 Å². The summed E-state index contributed by atoms with van der Waals surface area (Å²) >= 11 is 0. The van der Waals surface area contributed by atoms with Crippen LogP contribution in [0.15, 0.2) is 122 Å². The van der Waals surface area contributed by atoms with E-state index in [9.17, 15) is 14.4 Å². The molecule has 0 saturated heterocycles. The number of esters is 3. The van der Waals surface area contributed by atoms with Gasteiger partial charge in [0.1, 0.15) is 13.2 Å². The lowest BCUT2D eigenvalue weighted by atomic mass is 10.1. The highest BCUT2D eigenvalue weighted by Crippen LogP contribution is 2.13. The van der Waals surface area contributed by atoms with Gasteiger partial charge in [-0.1, -0.05) is 213 Å². The molecule has 0 amide bonds. The number of allylic oxidation sites excluding steroid dienone is 20. The maximum Gasteiger partial charge on any atom is 0.306 e. The van der Waals surface area contributed by atoms with E-state index in [1.807, 2.05) is 0 Å². The number of unbranched alkanes of at least 4 members (excludes halogenated alkanes) is 20. The summed E-state index contributed by atoms with van der Waals surface area (Å²) in [6.45, 7) is 6.48. The van der Waals surface area contributed by atoms with Gasteiger partial charge in [-0.15, -0.1) is 0 Å². The molecule has 0 spiro atoms. The molecule has 0 bridgehead atoms. The zero-order valence-electron chi connectivity index (χ0n) is 45.9. The summed E-state index contributed by atoms with van der Waals surface area (Å²) < 4.78 is 16.8. The average molecular weight is 984 g/mol. The van der Waals surface area contributed by atoms with Crippen LogP contribution in [0.3, 0.4) is 0 Å². The number of rotatable bonds is 51. The van der Waals surface area contributed by atoms with E-state index >= 15 is 0 Å². The fourth-order valence-electron chi connectivity index (χ4n) is 7.50. The van der Waals surface area contributed by atoms with Crippen LogP contribution < -0.4 is 0 Å². The van der Waals surface area contributed by atoms with Crippen molar-refractivity contribution in [2.24, 2.45) is 0 Å². The van der Waals surface area contributed by atoms with E-state index in [4.69, 9.17) is 14.2 Å². The predicted octanol–water partition coefficient (Wildman–Crippen LogP) is 19.6. The Morgan fingerprint density at radius 2 is 0.507 bits per heavy atom. The topological polar surface area (TPSA) is 78.9 Å². The number of carbonyl (C=O) groups excluding carboxylic acids is 3. The van der Waals surface area contributed by atoms with Crippen LogP contribution in [0.2, 0.25) is 0 Å². The molecule has 0 N–H and O–H groups in total. The Labute approximate surface area is 437 Å². The molecule has 0 rings (SSSR count). The van der Waals surface area contributed by atoms with Crippen molar-refractivity contribution in [2.75, 3.05) is 13.2 Å². The highest BCUT2D eigenvalue weighted by atomic mass is 16.6. The molecule has 0 saturated carbocycles. The standard InChI is InChI=1S/C65H106O6/c1-4-7-10-13-16-19-22-25-28-30-32-34-37-40-43-46-49-52-55-58-64(67)70-61-62(60-69-63(66)57-54-51-48-45-42-39-36-27-24-21-18-15-12-9-6-3)71-65(68)59-56-53-50-47-44-41-38-35-33-31-29-26-23-20-17-14-11-8-5-2/h16-21,25-29,32-36,40,42-43,45,62H,4-15,22-24,30-31,37-39,41,44,46-61H2,1-3H3/b19-16-,20-17-,21-18-,28-25-,29-26-,34-32-,35-33-,36-27-,43-40-,45-42-/t62-/m1/s1. The van der Waals surface area contributed by atoms with Gasteiger partial charge in [0.25, 0.3) is 0 Å². The SMILES string of the molecule is CCCCC/C=C\C/C=C\C/C=C\C/C=C\CCCCCC(=O)OC[C@@H](COC(=O)CCCC/C=C\C/C=C\C/C=C\CCCCC)OC(=O)CCCCCCCC/C=C\C/C=C\C/C=C\CCCCC. The maximum absolute atomic E-state index is 12.9. The molecule has 0 aliphatic rings. The summed E-state index contributed by atoms with van der Waals surface area (Å²) in [6.07, 6.45) is 80.4. The molecular formula is C65H106O6. The van der Waals surface area contributed by atoms with Gasteiger partial charge in [-0.25, -0.2) is 0 Å². The van der Waals surface area contributed by atoms with Gasteiger partial charge in [-0.2, -0.15) is 0 Å². The van der Waals surface area contributed by atoms with E-state index in [1.165, 1.54) is 89.9 Å². The summed E-state index contributed by atoms with van der Waals surface area (Å²) in [6, 6.07) is 0. The second-order valence-corrected chi connectivity index (χ2v) is 18.8. The van der Waals surface area contributed by atoms with Crippen molar-refractivity contribution in [3.8, 4) is 0 Å². The van der Waals surface area contributed by atoms with Crippen molar-refractivity contribution < 1.29 is 28.6 Å². The van der Waals surface area contributed by atoms with Gasteiger partial charge in [0.2, 0.25) is 0 Å². The molecule has 6 nitrogen and oxygen atoms in total. The van der Waals surface area contributed by atoms with Crippen molar-refractivity contribution in [3.05, 3.63) is 122 Å². The predicted molar refractivity (Wildman–Crippen MR) is 306 cm³/mol. The number of hydrogen-bond donors (Lipinski definition) is 0. The molecule has 71 heavy (non-hydrogen) atoms. The monoisotopic (exact) mass is 983 g/mol. The van der Waals surface area contributed by atoms with Gasteiger partial charge in [-0.3, -0.25) is 14.4 Å². The third-order valence-electron chi connectivity index (χ3n) is 11.9. The molecule has 1 atom stereocenters. The lowest BCUT2D eigenvalue weighted by Gasteiger charge is -2.18. The van der Waals surface area contributed by atoms with Gasteiger partial charge < -0.3 is 14.2 Å². The zero-order valence-corrected chi connectivity index (χ0v) is 45.9. The van der Waals surface area contributed by atoms with Crippen molar-refractivity contribution in [3.63, 3.8) is 0 Å². The molecule has 0 aliphatic carbocycles. The first-order valence-corrected chi connectivity index (χ1v) is 29.0. The quantitative estimate of drug-likeness (QED) is 0.0261. The Kier molecular flexibility index (Phi) is 54.9. The summed E-state index contributed by atoms with van der Waals surface area (Å²) in [4.78, 5) is 38.2. The lowest BCUT2D eigenvalue weighted by molar-refractivity contribution is -0.167. The molecule has 0 fully saturated rings. The number of ether oxygens (including phenoxy) is 3. The Hall–Kier alpha value is -4.19. The van der Waals surface area contributed by atoms with Gasteiger partial charge in [0.05, 0.1) is 0 Å². The van der Waals surface area contributed by atoms with Crippen LogP contribution in [0.5, 0.6) is 0 Å². The zero-order chi connectivity index (χ0) is 51.4. The van der Waals surface area contributed by atoms with Crippen LogP contribution in [0.25, 0.3) is 0 Å². The van der Waals surface area contributed by atoms with E-state index in [0.29, 0.717) is 19.3 Å². The second kappa shape index (κ2) is 58.4. The molecule has 0 aromatic rings. The number of carbonyl (C=O) groups is 3. The fraction of sp³-hybridized carbons (Fsp3) is 0.646. The average Bonchev–Trinajstić information content (AvgIpc) is 3.37. The van der Waals surface area contributed by atoms with Gasteiger partial charge in [-0.05, 0) is 141 Å². The van der Waals surface area contributed by atoms with Crippen molar-refractivity contribution in [1.82, 2.24) is 0 Å². The van der Waals surface area contributed by atoms with Crippen molar-refractivity contribution in [1.29, 1.82) is 0 Å². The van der Waals surface area contributed by atoms with Gasteiger partial charge in [0.15, 0.2) is 6.10 Å². The molecular weight excluding hydrogens is 877 g/mol. The fourth-order valence-corrected chi connectivity index (χ4v) is 7.50. The Bertz CT molecular complexity index is 1500. The van der Waals surface area contributed by atoms with E-state index in [0.717, 1.165) is 122 Å². The number of hydrogen-bond acceptors (Lipinski definition) is 6. The second-order valence-electron chi connectivity index (χ2n) is 18.8. The van der Waals surface area contributed by atoms with Crippen molar-refractivity contribution in [2.45, 2.75) is 258 Å². The van der Waals surface area contributed by atoms with Crippen LogP contribution in [0.4, 0.5) is 0 Å². The van der Waals surface area contributed by atoms with Crippen LogP contribution in [-0.2, 0) is 28.6 Å². The van der Waals surface area contributed by atoms with Crippen LogP contribution in [0.1, 0.15) is 252 Å². The minimum absolute atomic E-state index is 0.115. The van der Waals surface area contributed by atoms with E-state index in [2.05, 4.69) is 142 Å². The molecule has 6 heteroatoms.